The van der Waals surface area contributed by atoms with Gasteiger partial charge in [-0.2, -0.15) is 0 Å². The van der Waals surface area contributed by atoms with Gasteiger partial charge < -0.3 is 14.8 Å². The van der Waals surface area contributed by atoms with Gasteiger partial charge in [0.25, 0.3) is 5.91 Å². The Labute approximate surface area is 159 Å². The molecule has 0 saturated carbocycles. The molecule has 0 heterocycles. The third kappa shape index (κ3) is 5.04. The van der Waals surface area contributed by atoms with Gasteiger partial charge in [0.1, 0.15) is 0 Å². The van der Waals surface area contributed by atoms with E-state index in [1.54, 1.807) is 6.07 Å². The number of anilines is 1. The average Bonchev–Trinajstić information content (AvgIpc) is 2.59. The molecular weight excluding hydrogens is 385 g/mol. The zero-order chi connectivity index (χ0) is 18.4. The van der Waals surface area contributed by atoms with Crippen LogP contribution in [0.25, 0.3) is 0 Å². The molecule has 2 aromatic rings. The molecule has 0 bridgehead atoms. The second-order valence-electron chi connectivity index (χ2n) is 4.80. The molecule has 8 heteroatoms. The third-order valence-corrected chi connectivity index (χ3v) is 4.51. The summed E-state index contributed by atoms with van der Waals surface area (Å²) in [6.07, 6.45) is 1.90. The minimum Gasteiger partial charge on any atom is -0.494 e. The Morgan fingerprint density at radius 2 is 1.80 bits per heavy atom. The maximum atomic E-state index is 12.1. The number of rotatable bonds is 6. The molecular formula is C17H15Cl2NO4S. The number of para-hydroxylation sites is 1. The van der Waals surface area contributed by atoms with Crippen molar-refractivity contribution in [1.29, 1.82) is 0 Å². The summed E-state index contributed by atoms with van der Waals surface area (Å²) in [6, 6.07) is 10.1. The van der Waals surface area contributed by atoms with Gasteiger partial charge in [-0.1, -0.05) is 35.3 Å². The first-order chi connectivity index (χ1) is 12.0. The van der Waals surface area contributed by atoms with Gasteiger partial charge >= 0.3 is 5.97 Å². The number of esters is 1. The Hall–Kier alpha value is -1.89. The smallest absolute Gasteiger partial charge is 0.338 e. The van der Waals surface area contributed by atoms with E-state index in [1.165, 1.54) is 31.0 Å². The van der Waals surface area contributed by atoms with E-state index in [9.17, 15) is 9.59 Å². The van der Waals surface area contributed by atoms with Crippen LogP contribution < -0.4 is 10.1 Å². The molecule has 1 amide bonds. The lowest BCUT2D eigenvalue weighted by Gasteiger charge is -2.11. The molecule has 132 valence electrons. The molecule has 0 radical (unpaired) electrons. The Morgan fingerprint density at radius 3 is 2.40 bits per heavy atom. The average molecular weight is 400 g/mol. The summed E-state index contributed by atoms with van der Waals surface area (Å²) in [5, 5.41) is 3.06. The number of carbonyl (C=O) groups excluding carboxylic acids is 2. The van der Waals surface area contributed by atoms with Crippen LogP contribution in [0.5, 0.6) is 5.75 Å². The highest BCUT2D eigenvalue weighted by Gasteiger charge is 2.16. The fourth-order valence-electron chi connectivity index (χ4n) is 2.02. The zero-order valence-electron chi connectivity index (χ0n) is 13.5. The van der Waals surface area contributed by atoms with Crippen molar-refractivity contribution >= 4 is 52.5 Å². The van der Waals surface area contributed by atoms with Gasteiger partial charge in [-0.05, 0) is 30.5 Å². The molecule has 0 atom stereocenters. The number of nitrogens with one attached hydrogen (secondary N) is 1. The van der Waals surface area contributed by atoms with Crippen molar-refractivity contribution in [3.8, 4) is 5.75 Å². The van der Waals surface area contributed by atoms with Crippen LogP contribution in [0.2, 0.25) is 10.0 Å². The maximum absolute atomic E-state index is 12.1. The lowest BCUT2D eigenvalue weighted by Crippen LogP contribution is -2.21. The fourth-order valence-corrected chi connectivity index (χ4v) is 3.22. The Morgan fingerprint density at radius 1 is 1.16 bits per heavy atom. The Balaban J connectivity index is 1.99. The number of carbonyl (C=O) groups is 2. The van der Waals surface area contributed by atoms with Crippen LogP contribution in [0.4, 0.5) is 5.69 Å². The van der Waals surface area contributed by atoms with Crippen LogP contribution in [-0.2, 0) is 9.53 Å². The van der Waals surface area contributed by atoms with Crippen LogP contribution in [0.1, 0.15) is 10.4 Å². The highest BCUT2D eigenvalue weighted by Crippen LogP contribution is 2.34. The van der Waals surface area contributed by atoms with Crippen LogP contribution in [-0.4, -0.2) is 31.8 Å². The van der Waals surface area contributed by atoms with Crippen LogP contribution in [0.15, 0.2) is 41.3 Å². The van der Waals surface area contributed by atoms with E-state index in [0.29, 0.717) is 5.69 Å². The minimum absolute atomic E-state index is 0.133. The summed E-state index contributed by atoms with van der Waals surface area (Å²) in [4.78, 5) is 25.0. The van der Waals surface area contributed by atoms with E-state index in [-0.39, 0.29) is 21.4 Å². The predicted octanol–water partition coefficient (Wildman–Crippen LogP) is 4.52. The second-order valence-corrected chi connectivity index (χ2v) is 6.46. The van der Waals surface area contributed by atoms with Gasteiger partial charge in [-0.25, -0.2) is 4.79 Å². The Bertz CT molecular complexity index is 775. The fraction of sp³-hybridized carbons (Fsp3) is 0.176. The predicted molar refractivity (Wildman–Crippen MR) is 100 cm³/mol. The van der Waals surface area contributed by atoms with Crippen molar-refractivity contribution < 1.29 is 19.1 Å². The lowest BCUT2D eigenvalue weighted by atomic mass is 10.2. The summed E-state index contributed by atoms with van der Waals surface area (Å²) >= 11 is 13.5. The van der Waals surface area contributed by atoms with Crippen LogP contribution in [0.3, 0.4) is 0 Å². The number of benzene rings is 2. The van der Waals surface area contributed by atoms with Crippen LogP contribution >= 0.6 is 35.0 Å². The molecule has 0 spiro atoms. The normalized spacial score (nSPS) is 10.2. The SMILES string of the molecule is COc1c(Cl)cc(C(=O)OCC(=O)Nc2ccccc2SC)cc1Cl. The Kier molecular flexibility index (Phi) is 6.99. The first-order valence-corrected chi connectivity index (χ1v) is 9.07. The van der Waals surface area contributed by atoms with Gasteiger partial charge in [0.15, 0.2) is 12.4 Å². The van der Waals surface area contributed by atoms with Gasteiger partial charge in [-0.15, -0.1) is 11.8 Å². The molecule has 2 rings (SSSR count). The van der Waals surface area contributed by atoms with Crippen molar-refractivity contribution in [2.45, 2.75) is 4.90 Å². The number of halogens is 2. The zero-order valence-corrected chi connectivity index (χ0v) is 15.8. The van der Waals surface area contributed by atoms with Crippen molar-refractivity contribution in [3.63, 3.8) is 0 Å². The molecule has 0 aliphatic heterocycles. The number of hydrogen-bond donors (Lipinski definition) is 1. The molecule has 0 aromatic heterocycles. The van der Waals surface area contributed by atoms with E-state index in [2.05, 4.69) is 5.32 Å². The molecule has 0 aliphatic rings. The summed E-state index contributed by atoms with van der Waals surface area (Å²) in [7, 11) is 1.42. The minimum atomic E-state index is -0.709. The number of thioether (sulfide) groups is 1. The van der Waals surface area contributed by atoms with E-state index < -0.39 is 18.5 Å². The maximum Gasteiger partial charge on any atom is 0.338 e. The molecule has 0 unspecified atom stereocenters. The molecule has 1 N–H and O–H groups in total. The second kappa shape index (κ2) is 8.99. The number of amides is 1. The van der Waals surface area contributed by atoms with Crippen molar-refractivity contribution in [2.75, 3.05) is 25.3 Å². The van der Waals surface area contributed by atoms with Crippen molar-refractivity contribution in [1.82, 2.24) is 0 Å². The number of methoxy groups -OCH3 is 1. The highest BCUT2D eigenvalue weighted by molar-refractivity contribution is 7.98. The summed E-state index contributed by atoms with van der Waals surface area (Å²) in [5.74, 6) is -0.883. The largest absolute Gasteiger partial charge is 0.494 e. The van der Waals surface area contributed by atoms with E-state index in [4.69, 9.17) is 32.7 Å². The monoisotopic (exact) mass is 399 g/mol. The molecule has 0 aliphatic carbocycles. The van der Waals surface area contributed by atoms with Gasteiger partial charge in [0, 0.05) is 4.90 Å². The summed E-state index contributed by atoms with van der Waals surface area (Å²) < 4.78 is 10.0. The lowest BCUT2D eigenvalue weighted by molar-refractivity contribution is -0.119. The van der Waals surface area contributed by atoms with Gasteiger partial charge in [0.05, 0.1) is 28.4 Å². The standard InChI is InChI=1S/C17H15Cl2NO4S/c1-23-16-11(18)7-10(8-12(16)19)17(22)24-9-15(21)20-13-5-3-4-6-14(13)25-2/h3-8H,9H2,1-2H3,(H,20,21). The molecule has 2 aromatic carbocycles. The van der Waals surface area contributed by atoms with E-state index in [1.807, 2.05) is 24.5 Å². The van der Waals surface area contributed by atoms with E-state index >= 15 is 0 Å². The molecule has 5 nitrogen and oxygen atoms in total. The first kappa shape index (κ1) is 19.4. The molecule has 0 saturated heterocycles. The van der Waals surface area contributed by atoms with Crippen molar-refractivity contribution in [2.24, 2.45) is 0 Å². The third-order valence-electron chi connectivity index (χ3n) is 3.15. The first-order valence-electron chi connectivity index (χ1n) is 7.09. The van der Waals surface area contributed by atoms with Crippen molar-refractivity contribution in [3.05, 3.63) is 52.0 Å². The summed E-state index contributed by atoms with van der Waals surface area (Å²) in [5.41, 5.74) is 0.791. The topological polar surface area (TPSA) is 64.6 Å². The van der Waals surface area contributed by atoms with Gasteiger partial charge in [0.2, 0.25) is 0 Å². The highest BCUT2D eigenvalue weighted by atomic mass is 35.5. The van der Waals surface area contributed by atoms with E-state index in [0.717, 1.165) is 4.90 Å². The summed E-state index contributed by atoms with van der Waals surface area (Å²) in [6.45, 7) is -0.428. The quantitative estimate of drug-likeness (QED) is 0.571. The van der Waals surface area contributed by atoms with Crippen LogP contribution in [0, 0.1) is 0 Å². The molecule has 25 heavy (non-hydrogen) atoms. The molecule has 0 fully saturated rings. The number of hydrogen-bond acceptors (Lipinski definition) is 5. The van der Waals surface area contributed by atoms with Gasteiger partial charge in [-0.3, -0.25) is 4.79 Å². The number of ether oxygens (including phenoxy) is 2.